The third kappa shape index (κ3) is 6.51. The van der Waals surface area contributed by atoms with Gasteiger partial charge in [0.25, 0.3) is 0 Å². The van der Waals surface area contributed by atoms with Crippen molar-refractivity contribution in [3.05, 3.63) is 0 Å². The first kappa shape index (κ1) is 18.4. The fourth-order valence-corrected chi connectivity index (χ4v) is 1.57. The number of amides is 2. The standard InChI is InChI=1S/C13H24N2O5/c1-5-7(2)11(15-10(17)6-8(3)16)12(18)14-9(4)13(19)20/h7-9,11,16H,5-6H2,1-4H3,(H,14,18)(H,15,17)(H,19,20)/t7-,8?,9-,11-/m0/s1. The molecule has 116 valence electrons. The number of hydrogen-bond donors (Lipinski definition) is 4. The lowest BCUT2D eigenvalue weighted by Crippen LogP contribution is -2.53. The van der Waals surface area contributed by atoms with E-state index in [9.17, 15) is 14.4 Å². The van der Waals surface area contributed by atoms with E-state index in [0.29, 0.717) is 6.42 Å². The molecule has 0 saturated heterocycles. The average molecular weight is 288 g/mol. The lowest BCUT2D eigenvalue weighted by atomic mass is 9.97. The van der Waals surface area contributed by atoms with Crippen molar-refractivity contribution in [2.45, 2.75) is 58.7 Å². The average Bonchev–Trinajstić information content (AvgIpc) is 2.33. The third-order valence-electron chi connectivity index (χ3n) is 3.02. The summed E-state index contributed by atoms with van der Waals surface area (Å²) in [5.41, 5.74) is 0. The monoisotopic (exact) mass is 288 g/mol. The SMILES string of the molecule is CC[C@H](C)[C@H](NC(=O)CC(C)O)C(=O)N[C@@H](C)C(=O)O. The van der Waals surface area contributed by atoms with Crippen LogP contribution in [0.3, 0.4) is 0 Å². The van der Waals surface area contributed by atoms with E-state index in [1.807, 2.05) is 6.92 Å². The van der Waals surface area contributed by atoms with Gasteiger partial charge >= 0.3 is 5.97 Å². The maximum Gasteiger partial charge on any atom is 0.325 e. The van der Waals surface area contributed by atoms with Crippen LogP contribution >= 0.6 is 0 Å². The number of carbonyl (C=O) groups is 3. The van der Waals surface area contributed by atoms with E-state index in [0.717, 1.165) is 0 Å². The molecule has 1 unspecified atom stereocenters. The number of carbonyl (C=O) groups excluding carboxylic acids is 2. The molecule has 0 fully saturated rings. The highest BCUT2D eigenvalue weighted by Crippen LogP contribution is 2.09. The van der Waals surface area contributed by atoms with E-state index in [-0.39, 0.29) is 12.3 Å². The van der Waals surface area contributed by atoms with Gasteiger partial charge in [0.2, 0.25) is 11.8 Å². The summed E-state index contributed by atoms with van der Waals surface area (Å²) in [6.07, 6.45) is -0.253. The highest BCUT2D eigenvalue weighted by atomic mass is 16.4. The number of carboxylic acid groups (broad SMARTS) is 1. The molecule has 7 heteroatoms. The van der Waals surface area contributed by atoms with E-state index in [1.54, 1.807) is 6.92 Å². The second-order valence-corrected chi connectivity index (χ2v) is 5.05. The molecule has 0 aliphatic rings. The molecule has 4 N–H and O–H groups in total. The van der Waals surface area contributed by atoms with Crippen molar-refractivity contribution < 1.29 is 24.6 Å². The Hall–Kier alpha value is -1.63. The highest BCUT2D eigenvalue weighted by Gasteiger charge is 2.28. The van der Waals surface area contributed by atoms with Gasteiger partial charge in [0.05, 0.1) is 12.5 Å². The van der Waals surface area contributed by atoms with Crippen molar-refractivity contribution in [1.82, 2.24) is 10.6 Å². The van der Waals surface area contributed by atoms with Crippen LogP contribution in [0, 0.1) is 5.92 Å². The summed E-state index contributed by atoms with van der Waals surface area (Å²) < 4.78 is 0. The van der Waals surface area contributed by atoms with Gasteiger partial charge in [-0.15, -0.1) is 0 Å². The lowest BCUT2D eigenvalue weighted by molar-refractivity contribution is -0.142. The predicted octanol–water partition coefficient (Wildman–Crippen LogP) is -0.122. The number of aliphatic carboxylic acids is 1. The van der Waals surface area contributed by atoms with Gasteiger partial charge in [-0.2, -0.15) is 0 Å². The molecular weight excluding hydrogens is 264 g/mol. The summed E-state index contributed by atoms with van der Waals surface area (Å²) in [6.45, 7) is 6.49. The number of aliphatic hydroxyl groups is 1. The van der Waals surface area contributed by atoms with Gasteiger partial charge < -0.3 is 20.8 Å². The number of carboxylic acids is 1. The Morgan fingerprint density at radius 3 is 2.05 bits per heavy atom. The molecule has 2 amide bonds. The first-order valence-corrected chi connectivity index (χ1v) is 6.69. The molecule has 0 aromatic rings. The molecule has 0 aliphatic carbocycles. The fourth-order valence-electron chi connectivity index (χ4n) is 1.57. The normalized spacial score (nSPS) is 16.6. The van der Waals surface area contributed by atoms with Crippen LogP contribution in [-0.2, 0) is 14.4 Å². The zero-order valence-electron chi connectivity index (χ0n) is 12.3. The zero-order chi connectivity index (χ0) is 15.9. The summed E-state index contributed by atoms with van der Waals surface area (Å²) in [7, 11) is 0. The number of aliphatic hydroxyl groups excluding tert-OH is 1. The van der Waals surface area contributed by atoms with E-state index in [1.165, 1.54) is 13.8 Å². The maximum absolute atomic E-state index is 12.0. The fraction of sp³-hybridized carbons (Fsp3) is 0.769. The van der Waals surface area contributed by atoms with Crippen LogP contribution in [0.25, 0.3) is 0 Å². The van der Waals surface area contributed by atoms with Crippen molar-refractivity contribution in [2.75, 3.05) is 0 Å². The number of rotatable bonds is 8. The summed E-state index contributed by atoms with van der Waals surface area (Å²) >= 11 is 0. The summed E-state index contributed by atoms with van der Waals surface area (Å²) in [5.74, 6) is -2.26. The Labute approximate surface area is 118 Å². The molecule has 0 aromatic carbocycles. The van der Waals surface area contributed by atoms with Gasteiger partial charge in [-0.25, -0.2) is 0 Å². The molecule has 7 nitrogen and oxygen atoms in total. The van der Waals surface area contributed by atoms with Crippen LogP contribution in [0.4, 0.5) is 0 Å². The van der Waals surface area contributed by atoms with E-state index >= 15 is 0 Å². The van der Waals surface area contributed by atoms with E-state index in [4.69, 9.17) is 10.2 Å². The summed E-state index contributed by atoms with van der Waals surface area (Å²) in [5, 5.41) is 22.8. The maximum atomic E-state index is 12.0. The highest BCUT2D eigenvalue weighted by molar-refractivity contribution is 5.90. The largest absolute Gasteiger partial charge is 0.480 e. The number of hydrogen-bond acceptors (Lipinski definition) is 4. The van der Waals surface area contributed by atoms with Crippen LogP contribution < -0.4 is 10.6 Å². The Morgan fingerprint density at radius 1 is 1.10 bits per heavy atom. The van der Waals surface area contributed by atoms with Crippen LogP contribution in [0.5, 0.6) is 0 Å². The topological polar surface area (TPSA) is 116 Å². The molecule has 0 saturated carbocycles. The third-order valence-corrected chi connectivity index (χ3v) is 3.02. The van der Waals surface area contributed by atoms with Crippen molar-refractivity contribution in [3.8, 4) is 0 Å². The second kappa shape index (κ2) is 8.52. The zero-order valence-corrected chi connectivity index (χ0v) is 12.3. The molecule has 0 radical (unpaired) electrons. The van der Waals surface area contributed by atoms with Crippen molar-refractivity contribution >= 4 is 17.8 Å². The minimum atomic E-state index is -1.14. The van der Waals surface area contributed by atoms with Gasteiger partial charge in [-0.05, 0) is 19.8 Å². The lowest BCUT2D eigenvalue weighted by Gasteiger charge is -2.24. The van der Waals surface area contributed by atoms with E-state index in [2.05, 4.69) is 10.6 Å². The molecule has 0 spiro atoms. The van der Waals surface area contributed by atoms with Crippen LogP contribution in [0.15, 0.2) is 0 Å². The van der Waals surface area contributed by atoms with E-state index < -0.39 is 36.0 Å². The van der Waals surface area contributed by atoms with Crippen molar-refractivity contribution in [2.24, 2.45) is 5.92 Å². The van der Waals surface area contributed by atoms with Gasteiger partial charge in [0, 0.05) is 0 Å². The van der Waals surface area contributed by atoms with Gasteiger partial charge in [-0.1, -0.05) is 20.3 Å². The molecule has 0 aromatic heterocycles. The summed E-state index contributed by atoms with van der Waals surface area (Å²) in [4.78, 5) is 34.4. The molecule has 0 heterocycles. The first-order valence-electron chi connectivity index (χ1n) is 6.69. The van der Waals surface area contributed by atoms with Crippen LogP contribution in [-0.4, -0.2) is 46.2 Å². The first-order chi connectivity index (χ1) is 9.18. The predicted molar refractivity (Wildman–Crippen MR) is 72.9 cm³/mol. The Bertz CT molecular complexity index is 357. The van der Waals surface area contributed by atoms with Gasteiger partial charge in [0.15, 0.2) is 0 Å². The minimum absolute atomic E-state index is 0.102. The molecule has 0 bridgehead atoms. The van der Waals surface area contributed by atoms with Crippen LogP contribution in [0.1, 0.15) is 40.5 Å². The molecule has 0 aliphatic heterocycles. The quantitative estimate of drug-likeness (QED) is 0.497. The second-order valence-electron chi connectivity index (χ2n) is 5.05. The van der Waals surface area contributed by atoms with Crippen molar-refractivity contribution in [3.63, 3.8) is 0 Å². The molecular formula is C13H24N2O5. The Morgan fingerprint density at radius 2 is 1.65 bits per heavy atom. The van der Waals surface area contributed by atoms with Crippen molar-refractivity contribution in [1.29, 1.82) is 0 Å². The number of nitrogens with one attached hydrogen (secondary N) is 2. The molecule has 0 rings (SSSR count). The van der Waals surface area contributed by atoms with Gasteiger partial charge in [-0.3, -0.25) is 14.4 Å². The smallest absolute Gasteiger partial charge is 0.325 e. The molecule has 4 atom stereocenters. The van der Waals surface area contributed by atoms with Crippen LogP contribution in [0.2, 0.25) is 0 Å². The Kier molecular flexibility index (Phi) is 7.83. The minimum Gasteiger partial charge on any atom is -0.480 e. The van der Waals surface area contributed by atoms with Gasteiger partial charge in [0.1, 0.15) is 12.1 Å². The summed E-state index contributed by atoms with van der Waals surface area (Å²) in [6, 6.07) is -1.84. The Balaban J connectivity index is 4.75. The molecule has 20 heavy (non-hydrogen) atoms.